The molecule has 6 heteroatoms. The van der Waals surface area contributed by atoms with Crippen LogP contribution in [0.25, 0.3) is 0 Å². The van der Waals surface area contributed by atoms with Crippen molar-refractivity contribution in [1.29, 1.82) is 0 Å². The van der Waals surface area contributed by atoms with Crippen molar-refractivity contribution in [1.82, 2.24) is 15.1 Å². The number of carbonyl (C=O) groups excluding carboxylic acids is 2. The van der Waals surface area contributed by atoms with Crippen molar-refractivity contribution in [3.05, 3.63) is 0 Å². The van der Waals surface area contributed by atoms with E-state index in [0.29, 0.717) is 13.0 Å². The van der Waals surface area contributed by atoms with Gasteiger partial charge in [0.15, 0.2) is 0 Å². The van der Waals surface area contributed by atoms with Crippen LogP contribution in [0.3, 0.4) is 0 Å². The standard InChI is InChI=1S/C11H19N3O3/c1-8(5-10(15)17-2)13-3-4-14-9(7-13)6-12-11(14)16/h8-9H,3-7H2,1-2H3,(H,12,16). The van der Waals surface area contributed by atoms with Crippen LogP contribution < -0.4 is 5.32 Å². The molecule has 1 N–H and O–H groups in total. The van der Waals surface area contributed by atoms with E-state index in [1.165, 1.54) is 7.11 Å². The molecule has 0 spiro atoms. The number of nitrogens with one attached hydrogen (secondary N) is 1. The number of carbonyl (C=O) groups is 2. The van der Waals surface area contributed by atoms with E-state index in [9.17, 15) is 9.59 Å². The molecule has 2 aliphatic rings. The van der Waals surface area contributed by atoms with Gasteiger partial charge in [0.2, 0.25) is 0 Å². The first-order valence-corrected chi connectivity index (χ1v) is 5.97. The number of rotatable bonds is 3. The van der Waals surface area contributed by atoms with Gasteiger partial charge in [0.25, 0.3) is 0 Å². The summed E-state index contributed by atoms with van der Waals surface area (Å²) in [5.41, 5.74) is 0. The molecule has 2 fully saturated rings. The highest BCUT2D eigenvalue weighted by Crippen LogP contribution is 2.17. The average Bonchev–Trinajstić information content (AvgIpc) is 2.70. The van der Waals surface area contributed by atoms with Crippen molar-refractivity contribution in [2.45, 2.75) is 25.4 Å². The molecule has 0 aliphatic carbocycles. The van der Waals surface area contributed by atoms with Crippen molar-refractivity contribution in [2.75, 3.05) is 33.3 Å². The summed E-state index contributed by atoms with van der Waals surface area (Å²) in [6, 6.07) is 0.451. The van der Waals surface area contributed by atoms with Crippen LogP contribution in [0.5, 0.6) is 0 Å². The molecule has 2 unspecified atom stereocenters. The number of nitrogens with zero attached hydrogens (tertiary/aromatic N) is 2. The number of fused-ring (bicyclic) bond motifs is 1. The third kappa shape index (κ3) is 2.52. The predicted octanol–water partition coefficient (Wildman–Crippen LogP) is -0.353. The molecule has 6 nitrogen and oxygen atoms in total. The molecule has 2 aliphatic heterocycles. The molecule has 2 rings (SSSR count). The third-order valence-electron chi connectivity index (χ3n) is 3.58. The second-order valence-electron chi connectivity index (χ2n) is 4.66. The first-order chi connectivity index (χ1) is 8.11. The maximum Gasteiger partial charge on any atom is 0.317 e. The summed E-state index contributed by atoms with van der Waals surface area (Å²) >= 11 is 0. The number of hydrogen-bond acceptors (Lipinski definition) is 4. The summed E-state index contributed by atoms with van der Waals surface area (Å²) in [6.45, 7) is 5.12. The Kier molecular flexibility index (Phi) is 3.51. The number of ether oxygens (including phenoxy) is 1. The summed E-state index contributed by atoms with van der Waals surface area (Å²) in [4.78, 5) is 26.8. The molecule has 2 amide bonds. The molecule has 0 aromatic heterocycles. The summed E-state index contributed by atoms with van der Waals surface area (Å²) in [5, 5.41) is 2.84. The second kappa shape index (κ2) is 4.91. The summed E-state index contributed by atoms with van der Waals surface area (Å²) in [6.07, 6.45) is 0.407. The van der Waals surface area contributed by atoms with E-state index in [0.717, 1.165) is 19.6 Å². The smallest absolute Gasteiger partial charge is 0.317 e. The summed E-state index contributed by atoms with van der Waals surface area (Å²) < 4.78 is 4.67. The normalized spacial score (nSPS) is 26.4. The highest BCUT2D eigenvalue weighted by Gasteiger charge is 2.36. The minimum atomic E-state index is -0.180. The van der Waals surface area contributed by atoms with Crippen molar-refractivity contribution in [2.24, 2.45) is 0 Å². The molecule has 17 heavy (non-hydrogen) atoms. The van der Waals surface area contributed by atoms with E-state index in [1.54, 1.807) is 0 Å². The van der Waals surface area contributed by atoms with Gasteiger partial charge in [-0.2, -0.15) is 0 Å². The molecule has 2 saturated heterocycles. The van der Waals surface area contributed by atoms with Gasteiger partial charge in [-0.15, -0.1) is 0 Å². The van der Waals surface area contributed by atoms with Gasteiger partial charge in [-0.25, -0.2) is 4.79 Å². The highest BCUT2D eigenvalue weighted by atomic mass is 16.5. The van der Waals surface area contributed by atoms with E-state index in [4.69, 9.17) is 0 Å². The number of piperazine rings is 1. The first kappa shape index (κ1) is 12.2. The van der Waals surface area contributed by atoms with Crippen molar-refractivity contribution in [3.63, 3.8) is 0 Å². The quantitative estimate of drug-likeness (QED) is 0.686. The lowest BCUT2D eigenvalue weighted by molar-refractivity contribution is -0.142. The third-order valence-corrected chi connectivity index (χ3v) is 3.58. The van der Waals surface area contributed by atoms with Gasteiger partial charge in [-0.05, 0) is 6.92 Å². The Morgan fingerprint density at radius 2 is 2.35 bits per heavy atom. The second-order valence-corrected chi connectivity index (χ2v) is 4.66. The highest BCUT2D eigenvalue weighted by molar-refractivity contribution is 5.77. The Hall–Kier alpha value is -1.30. The van der Waals surface area contributed by atoms with Crippen molar-refractivity contribution in [3.8, 4) is 0 Å². The van der Waals surface area contributed by atoms with Crippen LogP contribution in [-0.2, 0) is 9.53 Å². The van der Waals surface area contributed by atoms with E-state index < -0.39 is 0 Å². The summed E-state index contributed by atoms with van der Waals surface area (Å²) in [7, 11) is 1.41. The molecule has 0 radical (unpaired) electrons. The molecule has 0 bridgehead atoms. The number of urea groups is 1. The van der Waals surface area contributed by atoms with E-state index >= 15 is 0 Å². The number of amides is 2. The number of esters is 1. The fraction of sp³-hybridized carbons (Fsp3) is 0.818. The van der Waals surface area contributed by atoms with Crippen molar-refractivity contribution >= 4 is 12.0 Å². The maximum absolute atomic E-state index is 11.4. The van der Waals surface area contributed by atoms with Crippen LogP contribution in [0.2, 0.25) is 0 Å². The molecule has 96 valence electrons. The molecular weight excluding hydrogens is 222 g/mol. The average molecular weight is 241 g/mol. The summed E-state index contributed by atoms with van der Waals surface area (Å²) in [5.74, 6) is -0.180. The van der Waals surface area contributed by atoms with E-state index in [1.807, 2.05) is 11.8 Å². The van der Waals surface area contributed by atoms with Gasteiger partial charge >= 0.3 is 12.0 Å². The van der Waals surface area contributed by atoms with Crippen LogP contribution in [0, 0.1) is 0 Å². The van der Waals surface area contributed by atoms with Crippen LogP contribution >= 0.6 is 0 Å². The number of hydrogen-bond donors (Lipinski definition) is 1. The minimum Gasteiger partial charge on any atom is -0.469 e. The monoisotopic (exact) mass is 241 g/mol. The van der Waals surface area contributed by atoms with Gasteiger partial charge in [0.05, 0.1) is 19.6 Å². The SMILES string of the molecule is COC(=O)CC(C)N1CCN2C(=O)NCC2C1. The lowest BCUT2D eigenvalue weighted by Crippen LogP contribution is -2.54. The molecule has 0 aromatic rings. The fourth-order valence-electron chi connectivity index (χ4n) is 2.48. The molecule has 2 heterocycles. The first-order valence-electron chi connectivity index (χ1n) is 5.97. The predicted molar refractivity (Wildman–Crippen MR) is 61.6 cm³/mol. The van der Waals surface area contributed by atoms with Gasteiger partial charge < -0.3 is 15.0 Å². The van der Waals surface area contributed by atoms with E-state index in [2.05, 4.69) is 15.0 Å². The Bertz CT molecular complexity index is 321. The van der Waals surface area contributed by atoms with Gasteiger partial charge in [0, 0.05) is 32.2 Å². The van der Waals surface area contributed by atoms with Crippen LogP contribution in [0.1, 0.15) is 13.3 Å². The Labute approximate surface area is 101 Å². The zero-order valence-corrected chi connectivity index (χ0v) is 10.3. The minimum absolute atomic E-state index is 0.0373. The van der Waals surface area contributed by atoms with E-state index in [-0.39, 0.29) is 24.1 Å². The van der Waals surface area contributed by atoms with Crippen molar-refractivity contribution < 1.29 is 14.3 Å². The van der Waals surface area contributed by atoms with Gasteiger partial charge in [-0.1, -0.05) is 0 Å². The Morgan fingerprint density at radius 1 is 1.59 bits per heavy atom. The van der Waals surface area contributed by atoms with Crippen LogP contribution in [-0.4, -0.2) is 67.2 Å². The van der Waals surface area contributed by atoms with Crippen LogP contribution in [0.4, 0.5) is 4.79 Å². The molecule has 0 saturated carbocycles. The largest absolute Gasteiger partial charge is 0.469 e. The Balaban J connectivity index is 1.88. The zero-order chi connectivity index (χ0) is 12.4. The van der Waals surface area contributed by atoms with Gasteiger partial charge in [-0.3, -0.25) is 9.69 Å². The fourth-order valence-corrected chi connectivity index (χ4v) is 2.48. The Morgan fingerprint density at radius 3 is 3.06 bits per heavy atom. The van der Waals surface area contributed by atoms with Crippen LogP contribution in [0.15, 0.2) is 0 Å². The zero-order valence-electron chi connectivity index (χ0n) is 10.3. The molecular formula is C11H19N3O3. The lowest BCUT2D eigenvalue weighted by atomic mass is 10.1. The molecule has 0 aromatic carbocycles. The maximum atomic E-state index is 11.4. The van der Waals surface area contributed by atoms with Gasteiger partial charge in [0.1, 0.15) is 0 Å². The lowest BCUT2D eigenvalue weighted by Gasteiger charge is -2.39. The number of methoxy groups -OCH3 is 1. The topological polar surface area (TPSA) is 61.9 Å². The molecule has 2 atom stereocenters.